The molecular weight excluding hydrogens is 304 g/mol. The number of hydrogen-bond donors (Lipinski definition) is 0. The third-order valence-corrected chi connectivity index (χ3v) is 1.89. The second-order valence-electron chi connectivity index (χ2n) is 2.61. The van der Waals surface area contributed by atoms with Crippen molar-refractivity contribution in [2.75, 3.05) is 0 Å². The first-order valence-corrected chi connectivity index (χ1v) is 4.67. The minimum atomic E-state index is -6.00. The predicted octanol–water partition coefficient (Wildman–Crippen LogP) is 4.69. The Morgan fingerprint density at radius 1 is 1.22 bits per heavy atom. The first kappa shape index (κ1) is 16.4. The number of nitrogens with zero attached hydrogens (tertiary/aromatic N) is 3. The minimum absolute atomic E-state index is 0.0679. The summed E-state index contributed by atoms with van der Waals surface area (Å²) in [5.41, 5.74) is -0.323. The standard InChI is InChI=1S/C6H2Cl2N3O2.BF4/c7-4-1-3(11(12)13)2-5(8)6(4)10-9;2-1(3,4)5/h1-2H;/q+1;-1. The zero-order valence-electron chi connectivity index (χ0n) is 8.16. The third kappa shape index (κ3) is 6.22. The Kier molecular flexibility index (Phi) is 5.80. The number of non-ortho nitro benzene ring substituents is 1. The van der Waals surface area contributed by atoms with Gasteiger partial charge in [0.15, 0.2) is 4.98 Å². The highest BCUT2D eigenvalue weighted by atomic mass is 35.5. The summed E-state index contributed by atoms with van der Waals surface area (Å²) in [6.45, 7) is 0. The summed E-state index contributed by atoms with van der Waals surface area (Å²) >= 11 is 11.1. The Balaban J connectivity index is 0.000000494. The molecule has 5 nitrogen and oxygen atoms in total. The maximum absolute atomic E-state index is 10.3. The normalized spacial score (nSPS) is 10.1. The number of benzene rings is 1. The van der Waals surface area contributed by atoms with Crippen LogP contribution in [0.5, 0.6) is 0 Å². The fourth-order valence-corrected chi connectivity index (χ4v) is 1.30. The van der Waals surface area contributed by atoms with Crippen LogP contribution in [0.25, 0.3) is 4.98 Å². The van der Waals surface area contributed by atoms with E-state index in [0.717, 1.165) is 12.1 Å². The average Bonchev–Trinajstić information content (AvgIpc) is 2.14. The van der Waals surface area contributed by atoms with Crippen LogP contribution in [-0.4, -0.2) is 12.2 Å². The molecule has 0 aliphatic carbocycles. The molecule has 0 saturated carbocycles. The molecule has 0 aliphatic rings. The van der Waals surface area contributed by atoms with Gasteiger partial charge in [0, 0.05) is 12.1 Å². The van der Waals surface area contributed by atoms with Crippen LogP contribution in [0.2, 0.25) is 10.0 Å². The van der Waals surface area contributed by atoms with E-state index < -0.39 is 12.2 Å². The van der Waals surface area contributed by atoms with Crippen LogP contribution in [0.3, 0.4) is 0 Å². The Hall–Kier alpha value is -1.60. The molecule has 0 aromatic heterocycles. The monoisotopic (exact) mass is 305 g/mol. The van der Waals surface area contributed by atoms with Gasteiger partial charge in [0.25, 0.3) is 5.69 Å². The molecule has 0 atom stereocenters. The van der Waals surface area contributed by atoms with E-state index in [2.05, 4.69) is 4.98 Å². The number of nitro benzene ring substituents is 1. The lowest BCUT2D eigenvalue weighted by Crippen LogP contribution is -2.02. The molecule has 0 unspecified atom stereocenters. The van der Waals surface area contributed by atoms with Gasteiger partial charge < -0.3 is 17.3 Å². The minimum Gasteiger partial charge on any atom is -0.418 e. The van der Waals surface area contributed by atoms with Gasteiger partial charge in [-0.15, -0.1) is 0 Å². The van der Waals surface area contributed by atoms with Gasteiger partial charge in [-0.05, 0) is 0 Å². The molecule has 0 fully saturated rings. The highest BCUT2D eigenvalue weighted by molar-refractivity contribution is 6.50. The summed E-state index contributed by atoms with van der Waals surface area (Å²) in [6.07, 6.45) is 0. The molecule has 12 heteroatoms. The molecular formula is C6H2BCl2F4N3O2. The molecule has 0 radical (unpaired) electrons. The summed E-state index contributed by atoms with van der Waals surface area (Å²) in [5, 5.41) is 18.6. The molecule has 1 rings (SSSR count). The van der Waals surface area contributed by atoms with Gasteiger partial charge in [0.1, 0.15) is 10.0 Å². The van der Waals surface area contributed by atoms with Crippen molar-refractivity contribution >= 4 is 41.8 Å². The lowest BCUT2D eigenvalue weighted by Gasteiger charge is -1.94. The molecule has 0 aliphatic heterocycles. The lowest BCUT2D eigenvalue weighted by molar-refractivity contribution is -0.384. The van der Waals surface area contributed by atoms with E-state index in [0.29, 0.717) is 0 Å². The molecule has 0 saturated heterocycles. The highest BCUT2D eigenvalue weighted by Crippen LogP contribution is 2.36. The summed E-state index contributed by atoms with van der Waals surface area (Å²) in [4.78, 5) is 12.4. The number of hydrogen-bond acceptors (Lipinski definition) is 3. The third-order valence-electron chi connectivity index (χ3n) is 1.31. The van der Waals surface area contributed by atoms with E-state index >= 15 is 0 Å². The van der Waals surface area contributed by atoms with Crippen LogP contribution in [-0.2, 0) is 0 Å². The number of nitro groups is 1. The largest absolute Gasteiger partial charge is 0.673 e. The summed E-state index contributed by atoms with van der Waals surface area (Å²) in [7, 11) is -6.00. The molecule has 98 valence electrons. The Morgan fingerprint density at radius 3 is 1.78 bits per heavy atom. The smallest absolute Gasteiger partial charge is 0.418 e. The van der Waals surface area contributed by atoms with E-state index in [-0.39, 0.29) is 21.4 Å². The van der Waals surface area contributed by atoms with Crippen molar-refractivity contribution < 1.29 is 22.2 Å². The molecule has 0 amide bonds. The summed E-state index contributed by atoms with van der Waals surface area (Å²) < 4.78 is 39.0. The van der Waals surface area contributed by atoms with Gasteiger partial charge in [-0.25, -0.2) is 0 Å². The molecule has 0 heterocycles. The van der Waals surface area contributed by atoms with Crippen molar-refractivity contribution in [1.82, 2.24) is 0 Å². The first-order valence-electron chi connectivity index (χ1n) is 3.92. The zero-order valence-corrected chi connectivity index (χ0v) is 9.67. The van der Waals surface area contributed by atoms with E-state index in [9.17, 15) is 27.4 Å². The SMILES string of the molecule is F[B-](F)(F)F.N#[N+]c1c(Cl)cc([N+](=O)[O-])cc1Cl. The summed E-state index contributed by atoms with van der Waals surface area (Å²) in [5.74, 6) is 0. The first-order chi connectivity index (χ1) is 8.06. The number of halogens is 6. The maximum Gasteiger partial charge on any atom is 0.673 e. The second-order valence-corrected chi connectivity index (χ2v) is 3.42. The van der Waals surface area contributed by atoms with Crippen LogP contribution in [0.4, 0.5) is 28.6 Å². The van der Waals surface area contributed by atoms with Gasteiger partial charge in [-0.2, -0.15) is 0 Å². The molecule has 0 N–H and O–H groups in total. The van der Waals surface area contributed by atoms with Gasteiger partial charge in [0.05, 0.1) is 4.92 Å². The Bertz CT molecular complexity index is 476. The predicted molar refractivity (Wildman–Crippen MR) is 58.0 cm³/mol. The molecule has 0 bridgehead atoms. The quantitative estimate of drug-likeness (QED) is 0.248. The lowest BCUT2D eigenvalue weighted by atomic mass is 10.3. The van der Waals surface area contributed by atoms with Crippen LogP contribution < -0.4 is 0 Å². The molecule has 1 aromatic rings. The zero-order chi connectivity index (χ0) is 14.5. The van der Waals surface area contributed by atoms with E-state index in [4.69, 9.17) is 28.6 Å². The number of diazo groups is 1. The van der Waals surface area contributed by atoms with Crippen LogP contribution in [0, 0.1) is 15.5 Å². The second kappa shape index (κ2) is 6.37. The Morgan fingerprint density at radius 2 is 1.56 bits per heavy atom. The maximum atomic E-state index is 10.3. The topological polar surface area (TPSA) is 71.3 Å². The van der Waals surface area contributed by atoms with E-state index in [1.54, 1.807) is 0 Å². The average molecular weight is 306 g/mol. The van der Waals surface area contributed by atoms with Crippen molar-refractivity contribution in [2.45, 2.75) is 0 Å². The fourth-order valence-electron chi connectivity index (χ4n) is 0.753. The Labute approximate surface area is 107 Å². The van der Waals surface area contributed by atoms with Crippen molar-refractivity contribution in [2.24, 2.45) is 0 Å². The van der Waals surface area contributed by atoms with E-state index in [1.807, 2.05) is 0 Å². The van der Waals surface area contributed by atoms with Crippen molar-refractivity contribution in [3.63, 3.8) is 0 Å². The number of rotatable bonds is 1. The van der Waals surface area contributed by atoms with E-state index in [1.165, 1.54) is 0 Å². The summed E-state index contributed by atoms with van der Waals surface area (Å²) in [6, 6.07) is 2.12. The van der Waals surface area contributed by atoms with Crippen LogP contribution >= 0.6 is 23.2 Å². The molecule has 0 spiro atoms. The van der Waals surface area contributed by atoms with Gasteiger partial charge in [-0.3, -0.25) is 10.1 Å². The van der Waals surface area contributed by atoms with Crippen molar-refractivity contribution in [3.05, 3.63) is 37.3 Å². The van der Waals surface area contributed by atoms with Gasteiger partial charge in [-0.1, -0.05) is 23.2 Å². The van der Waals surface area contributed by atoms with Crippen molar-refractivity contribution in [3.8, 4) is 0 Å². The molecule has 18 heavy (non-hydrogen) atoms. The fraction of sp³-hybridized carbons (Fsp3) is 0. The molecule has 1 aromatic carbocycles. The van der Waals surface area contributed by atoms with Gasteiger partial charge >= 0.3 is 12.9 Å². The van der Waals surface area contributed by atoms with Crippen LogP contribution in [0.15, 0.2) is 12.1 Å². The van der Waals surface area contributed by atoms with Crippen molar-refractivity contribution in [1.29, 1.82) is 5.39 Å². The van der Waals surface area contributed by atoms with Crippen LogP contribution in [0.1, 0.15) is 0 Å². The highest BCUT2D eigenvalue weighted by Gasteiger charge is 2.23. The van der Waals surface area contributed by atoms with Gasteiger partial charge in [0.2, 0.25) is 5.39 Å².